The van der Waals surface area contributed by atoms with Crippen LogP contribution in [0, 0.1) is 0 Å². The van der Waals surface area contributed by atoms with Gasteiger partial charge in [0.15, 0.2) is 0 Å². The first-order chi connectivity index (χ1) is 10.1. The molecular weight excluding hydrogens is 282 g/mol. The van der Waals surface area contributed by atoms with Crippen molar-refractivity contribution < 1.29 is 8.95 Å². The Morgan fingerprint density at radius 1 is 1.19 bits per heavy atom. The first-order valence-corrected chi connectivity index (χ1v) is 9.24. The summed E-state index contributed by atoms with van der Waals surface area (Å²) < 4.78 is 17.1. The van der Waals surface area contributed by atoms with Gasteiger partial charge in [0.2, 0.25) is 0 Å². The Balaban J connectivity index is 2.73. The summed E-state index contributed by atoms with van der Waals surface area (Å²) in [4.78, 5) is 0. The van der Waals surface area contributed by atoms with Crippen molar-refractivity contribution in [3.8, 4) is 0 Å². The molecule has 4 heteroatoms. The molecule has 120 valence electrons. The molecule has 0 aliphatic heterocycles. The molecule has 0 radical (unpaired) electrons. The molecule has 2 unspecified atom stereocenters. The maximum absolute atomic E-state index is 12.1. The lowest BCUT2D eigenvalue weighted by Crippen LogP contribution is -2.28. The Kier molecular flexibility index (Phi) is 8.81. The van der Waals surface area contributed by atoms with Gasteiger partial charge < -0.3 is 10.1 Å². The molecule has 0 heterocycles. The van der Waals surface area contributed by atoms with Crippen LogP contribution in [0.3, 0.4) is 0 Å². The van der Waals surface area contributed by atoms with E-state index in [-0.39, 0.29) is 6.04 Å². The maximum Gasteiger partial charge on any atom is 0.0577 e. The topological polar surface area (TPSA) is 38.3 Å². The highest BCUT2D eigenvalue weighted by Gasteiger charge is 2.14. The molecule has 0 aromatic heterocycles. The van der Waals surface area contributed by atoms with Crippen molar-refractivity contribution in [2.45, 2.75) is 39.2 Å². The van der Waals surface area contributed by atoms with Crippen molar-refractivity contribution in [3.63, 3.8) is 0 Å². The van der Waals surface area contributed by atoms with E-state index in [1.54, 1.807) is 7.11 Å². The number of hydrogen-bond donors (Lipinski definition) is 1. The first kappa shape index (κ1) is 18.3. The van der Waals surface area contributed by atoms with Crippen molar-refractivity contribution in [1.82, 2.24) is 5.32 Å². The van der Waals surface area contributed by atoms with Crippen molar-refractivity contribution >= 4 is 10.8 Å². The molecule has 0 fully saturated rings. The summed E-state index contributed by atoms with van der Waals surface area (Å²) in [7, 11) is 0.792. The number of ether oxygens (including phenoxy) is 1. The van der Waals surface area contributed by atoms with Gasteiger partial charge in [0.25, 0.3) is 0 Å². The van der Waals surface area contributed by atoms with Gasteiger partial charge >= 0.3 is 0 Å². The third-order valence-electron chi connectivity index (χ3n) is 3.51. The van der Waals surface area contributed by atoms with Gasteiger partial charge in [0, 0.05) is 35.5 Å². The molecule has 2 atom stereocenters. The Morgan fingerprint density at radius 3 is 2.33 bits per heavy atom. The third kappa shape index (κ3) is 6.72. The summed E-state index contributed by atoms with van der Waals surface area (Å²) in [6.07, 6.45) is 1.07. The lowest BCUT2D eigenvalue weighted by molar-refractivity contribution is 0.218. The fraction of sp³-hybridized carbons (Fsp3) is 0.647. The standard InChI is InChI=1S/C17H29NO2S/c1-5-10-18-17(13-21(19)12-11-20-4)16-8-6-15(7-9-16)14(2)3/h6-9,14,17-18H,5,10-13H2,1-4H3. The van der Waals surface area contributed by atoms with Gasteiger partial charge in [0.1, 0.15) is 0 Å². The molecule has 0 saturated carbocycles. The second kappa shape index (κ2) is 10.1. The average molecular weight is 311 g/mol. The minimum Gasteiger partial charge on any atom is -0.384 e. The Hall–Kier alpha value is -0.710. The number of methoxy groups -OCH3 is 1. The van der Waals surface area contributed by atoms with E-state index in [2.05, 4.69) is 50.4 Å². The van der Waals surface area contributed by atoms with Crippen molar-refractivity contribution in [2.75, 3.05) is 31.8 Å². The fourth-order valence-electron chi connectivity index (χ4n) is 2.15. The lowest BCUT2D eigenvalue weighted by Gasteiger charge is -2.19. The molecule has 0 amide bonds. The van der Waals surface area contributed by atoms with Crippen LogP contribution in [0.15, 0.2) is 24.3 Å². The minimum atomic E-state index is -0.856. The minimum absolute atomic E-state index is 0.156. The summed E-state index contributed by atoms with van der Waals surface area (Å²) in [5, 5.41) is 3.51. The van der Waals surface area contributed by atoms with Crippen molar-refractivity contribution in [2.24, 2.45) is 0 Å². The molecular formula is C17H29NO2S. The van der Waals surface area contributed by atoms with Gasteiger partial charge in [0.05, 0.1) is 6.61 Å². The van der Waals surface area contributed by atoms with E-state index in [4.69, 9.17) is 4.74 Å². The van der Waals surface area contributed by atoms with Crippen LogP contribution < -0.4 is 5.32 Å². The number of rotatable bonds is 10. The van der Waals surface area contributed by atoms with E-state index in [1.165, 1.54) is 11.1 Å². The molecule has 0 saturated heterocycles. The Bertz CT molecular complexity index is 417. The van der Waals surface area contributed by atoms with Gasteiger partial charge in [-0.3, -0.25) is 4.21 Å². The summed E-state index contributed by atoms with van der Waals surface area (Å²) in [5.74, 6) is 1.78. The van der Waals surface area contributed by atoms with Crippen LogP contribution in [0.4, 0.5) is 0 Å². The normalized spacial score (nSPS) is 14.3. The molecule has 21 heavy (non-hydrogen) atoms. The second-order valence-electron chi connectivity index (χ2n) is 5.63. The van der Waals surface area contributed by atoms with Crippen LogP contribution in [0.1, 0.15) is 50.3 Å². The molecule has 1 N–H and O–H groups in total. The van der Waals surface area contributed by atoms with Crippen molar-refractivity contribution in [1.29, 1.82) is 0 Å². The molecule has 1 aromatic rings. The average Bonchev–Trinajstić information content (AvgIpc) is 2.49. The molecule has 0 spiro atoms. The van der Waals surface area contributed by atoms with Crippen LogP contribution in [0.25, 0.3) is 0 Å². The van der Waals surface area contributed by atoms with E-state index in [0.29, 0.717) is 24.0 Å². The fourth-order valence-corrected chi connectivity index (χ4v) is 3.35. The largest absolute Gasteiger partial charge is 0.384 e. The van der Waals surface area contributed by atoms with E-state index < -0.39 is 10.8 Å². The van der Waals surface area contributed by atoms with Crippen LogP contribution in [-0.2, 0) is 15.5 Å². The second-order valence-corrected chi connectivity index (χ2v) is 7.25. The number of hydrogen-bond acceptors (Lipinski definition) is 3. The predicted octanol–water partition coefficient (Wildman–Crippen LogP) is 3.25. The summed E-state index contributed by atoms with van der Waals surface area (Å²) >= 11 is 0. The van der Waals surface area contributed by atoms with Crippen molar-refractivity contribution in [3.05, 3.63) is 35.4 Å². The quantitative estimate of drug-likeness (QED) is 0.721. The van der Waals surface area contributed by atoms with E-state index in [9.17, 15) is 4.21 Å². The molecule has 3 nitrogen and oxygen atoms in total. The van der Waals surface area contributed by atoms with Gasteiger partial charge in [-0.2, -0.15) is 0 Å². The highest BCUT2D eigenvalue weighted by Crippen LogP contribution is 2.19. The van der Waals surface area contributed by atoms with E-state index in [1.807, 2.05) is 0 Å². The first-order valence-electron chi connectivity index (χ1n) is 7.75. The zero-order valence-corrected chi connectivity index (χ0v) is 14.5. The van der Waals surface area contributed by atoms with E-state index >= 15 is 0 Å². The monoisotopic (exact) mass is 311 g/mol. The zero-order valence-electron chi connectivity index (χ0n) is 13.7. The SMILES string of the molecule is CCCNC(CS(=O)CCOC)c1ccc(C(C)C)cc1. The lowest BCUT2D eigenvalue weighted by atomic mass is 9.99. The van der Waals surface area contributed by atoms with Crippen LogP contribution in [0.5, 0.6) is 0 Å². The number of benzene rings is 1. The smallest absolute Gasteiger partial charge is 0.0577 e. The van der Waals surface area contributed by atoms with Gasteiger partial charge in [-0.25, -0.2) is 0 Å². The van der Waals surface area contributed by atoms with Gasteiger partial charge in [-0.05, 0) is 30.0 Å². The van der Waals surface area contributed by atoms with Crippen LogP contribution in [0.2, 0.25) is 0 Å². The molecule has 1 rings (SSSR count). The Morgan fingerprint density at radius 2 is 1.81 bits per heavy atom. The van der Waals surface area contributed by atoms with Gasteiger partial charge in [-0.15, -0.1) is 0 Å². The maximum atomic E-state index is 12.1. The van der Waals surface area contributed by atoms with E-state index in [0.717, 1.165) is 13.0 Å². The molecule has 1 aromatic carbocycles. The van der Waals surface area contributed by atoms with Gasteiger partial charge in [-0.1, -0.05) is 45.0 Å². The molecule has 0 aliphatic rings. The van der Waals surface area contributed by atoms with Crippen LogP contribution in [-0.4, -0.2) is 36.0 Å². The van der Waals surface area contributed by atoms with Crippen LogP contribution >= 0.6 is 0 Å². The predicted molar refractivity (Wildman–Crippen MR) is 91.3 cm³/mol. The summed E-state index contributed by atoms with van der Waals surface area (Å²) in [6, 6.07) is 8.84. The Labute approximate surface area is 131 Å². The summed E-state index contributed by atoms with van der Waals surface area (Å²) in [6.45, 7) is 8.04. The molecule has 0 bridgehead atoms. The number of nitrogens with one attached hydrogen (secondary N) is 1. The zero-order chi connectivity index (χ0) is 15.7. The summed E-state index contributed by atoms with van der Waals surface area (Å²) in [5.41, 5.74) is 2.56. The highest BCUT2D eigenvalue weighted by atomic mass is 32.2. The highest BCUT2D eigenvalue weighted by molar-refractivity contribution is 7.85. The third-order valence-corrected chi connectivity index (χ3v) is 4.84. The molecule has 0 aliphatic carbocycles.